The molecule has 0 fully saturated rings. The Hall–Kier alpha value is -3.62. The van der Waals surface area contributed by atoms with E-state index in [1.54, 1.807) is 42.5 Å². The van der Waals surface area contributed by atoms with E-state index in [9.17, 15) is 18.0 Å². The number of nitrogens with one attached hydrogen (secondary N) is 1. The predicted molar refractivity (Wildman–Crippen MR) is 138 cm³/mol. The normalized spacial score (nSPS) is 15.0. The summed E-state index contributed by atoms with van der Waals surface area (Å²) in [7, 11) is -2.98. The topological polar surface area (TPSA) is 94.5 Å². The second-order valence-corrected chi connectivity index (χ2v) is 10.9. The second kappa shape index (κ2) is 9.44. The van der Waals surface area contributed by atoms with Gasteiger partial charge >= 0.3 is 5.97 Å². The molecule has 0 saturated carbocycles. The lowest BCUT2D eigenvalue weighted by Crippen LogP contribution is -2.23. The van der Waals surface area contributed by atoms with E-state index in [0.29, 0.717) is 40.0 Å². The van der Waals surface area contributed by atoms with Crippen molar-refractivity contribution in [3.8, 4) is 0 Å². The van der Waals surface area contributed by atoms with Crippen LogP contribution in [0.2, 0.25) is 5.02 Å². The van der Waals surface area contributed by atoms with Gasteiger partial charge in [-0.25, -0.2) is 17.2 Å². The third-order valence-electron chi connectivity index (χ3n) is 6.43. The fourth-order valence-electron chi connectivity index (χ4n) is 4.93. The van der Waals surface area contributed by atoms with E-state index >= 15 is 0 Å². The molecule has 7 nitrogen and oxygen atoms in total. The molecule has 0 bridgehead atoms. The van der Waals surface area contributed by atoms with E-state index < -0.39 is 21.9 Å². The average molecular weight is 523 g/mol. The fraction of sp³-hybridized carbons (Fsp3) is 0.185. The SMILES string of the molecule is COC(=O)c1c2c3c(cc(Cl)cc3n1S(=O)(=O)c1ccccc1)CCC2CC(=O)Nc1ccccc1. The molecule has 0 radical (unpaired) electrons. The van der Waals surface area contributed by atoms with E-state index in [1.807, 2.05) is 18.2 Å². The van der Waals surface area contributed by atoms with Crippen molar-refractivity contribution in [2.24, 2.45) is 0 Å². The van der Waals surface area contributed by atoms with Gasteiger partial charge in [0.05, 0.1) is 17.5 Å². The molecule has 0 saturated heterocycles. The first-order valence-corrected chi connectivity index (χ1v) is 13.2. The molecule has 1 unspecified atom stereocenters. The molecule has 1 aliphatic carbocycles. The largest absolute Gasteiger partial charge is 0.464 e. The number of hydrogen-bond acceptors (Lipinski definition) is 5. The number of rotatable bonds is 6. The van der Waals surface area contributed by atoms with Crippen molar-refractivity contribution in [3.05, 3.63) is 94.6 Å². The number of carbonyl (C=O) groups is 2. The summed E-state index contributed by atoms with van der Waals surface area (Å²) in [6.07, 6.45) is 1.21. The number of hydrogen-bond donors (Lipinski definition) is 1. The van der Waals surface area contributed by atoms with Crippen molar-refractivity contribution in [1.82, 2.24) is 3.97 Å². The standard InChI is InChI=1S/C27H23ClN2O5S/c1-35-27(32)26-25-18(15-23(31)29-20-8-4-2-5-9-20)13-12-17-14-19(28)16-22(24(17)25)30(26)36(33,34)21-10-6-3-7-11-21/h2-11,14,16,18H,12-13,15H2,1H3,(H,29,31). The molecule has 1 amide bonds. The molecule has 3 aromatic carbocycles. The first-order chi connectivity index (χ1) is 17.3. The minimum absolute atomic E-state index is 0.0257. The van der Waals surface area contributed by atoms with Crippen LogP contribution in [-0.4, -0.2) is 31.4 Å². The molecule has 1 aliphatic rings. The predicted octanol–water partition coefficient (Wildman–Crippen LogP) is 5.38. The van der Waals surface area contributed by atoms with Crippen LogP contribution in [0.1, 0.15) is 40.4 Å². The van der Waals surface area contributed by atoms with Gasteiger partial charge in [0.25, 0.3) is 10.0 Å². The van der Waals surface area contributed by atoms with Gasteiger partial charge in [0.2, 0.25) is 5.91 Å². The highest BCUT2D eigenvalue weighted by Crippen LogP contribution is 2.45. The van der Waals surface area contributed by atoms with E-state index in [2.05, 4.69) is 5.32 Å². The zero-order valence-corrected chi connectivity index (χ0v) is 21.0. The van der Waals surface area contributed by atoms with Gasteiger partial charge in [-0.3, -0.25) is 4.79 Å². The lowest BCUT2D eigenvalue weighted by molar-refractivity contribution is -0.116. The first-order valence-electron chi connectivity index (χ1n) is 11.4. The van der Waals surface area contributed by atoms with Crippen LogP contribution in [0.15, 0.2) is 77.7 Å². The Balaban J connectivity index is 1.71. The third-order valence-corrected chi connectivity index (χ3v) is 8.38. The van der Waals surface area contributed by atoms with Gasteiger partial charge in [0.15, 0.2) is 0 Å². The van der Waals surface area contributed by atoms with E-state index in [-0.39, 0.29) is 22.9 Å². The summed E-state index contributed by atoms with van der Waals surface area (Å²) in [4.78, 5) is 26.2. The quantitative estimate of drug-likeness (QED) is 0.343. The van der Waals surface area contributed by atoms with Crippen LogP contribution < -0.4 is 5.32 Å². The number of aromatic nitrogens is 1. The van der Waals surface area contributed by atoms with Crippen LogP contribution in [0.4, 0.5) is 5.69 Å². The number of aryl methyl sites for hydroxylation is 1. The Kier molecular flexibility index (Phi) is 6.32. The molecule has 1 aromatic heterocycles. The summed E-state index contributed by atoms with van der Waals surface area (Å²) in [5.74, 6) is -1.42. The number of nitrogens with zero attached hydrogens (tertiary/aromatic N) is 1. The van der Waals surface area contributed by atoms with Crippen molar-refractivity contribution in [3.63, 3.8) is 0 Å². The lowest BCUT2D eigenvalue weighted by atomic mass is 9.81. The minimum atomic E-state index is -4.19. The number of benzene rings is 3. The van der Waals surface area contributed by atoms with Crippen LogP contribution >= 0.6 is 11.6 Å². The Morgan fingerprint density at radius 2 is 1.72 bits per heavy atom. The van der Waals surface area contributed by atoms with Crippen LogP contribution in [0.25, 0.3) is 10.9 Å². The number of para-hydroxylation sites is 1. The summed E-state index contributed by atoms with van der Waals surface area (Å²) < 4.78 is 33.8. The van der Waals surface area contributed by atoms with E-state index in [0.717, 1.165) is 9.54 Å². The maximum Gasteiger partial charge on any atom is 0.356 e. The first kappa shape index (κ1) is 24.1. The molecule has 9 heteroatoms. The van der Waals surface area contributed by atoms with Crippen LogP contribution in [-0.2, 0) is 26.0 Å². The molecule has 0 aliphatic heterocycles. The van der Waals surface area contributed by atoms with Crippen molar-refractivity contribution >= 4 is 50.1 Å². The minimum Gasteiger partial charge on any atom is -0.464 e. The smallest absolute Gasteiger partial charge is 0.356 e. The van der Waals surface area contributed by atoms with Crippen molar-refractivity contribution in [2.45, 2.75) is 30.1 Å². The molecule has 36 heavy (non-hydrogen) atoms. The van der Waals surface area contributed by atoms with E-state index in [1.165, 1.54) is 19.2 Å². The summed E-state index contributed by atoms with van der Waals surface area (Å²) in [6, 6.07) is 20.3. The van der Waals surface area contributed by atoms with Gasteiger partial charge in [-0.1, -0.05) is 48.0 Å². The maximum atomic E-state index is 13.9. The maximum absolute atomic E-state index is 13.9. The monoisotopic (exact) mass is 522 g/mol. The van der Waals surface area contributed by atoms with Crippen molar-refractivity contribution in [1.29, 1.82) is 0 Å². The van der Waals surface area contributed by atoms with Gasteiger partial charge < -0.3 is 10.1 Å². The number of esters is 1. The van der Waals surface area contributed by atoms with E-state index in [4.69, 9.17) is 16.3 Å². The average Bonchev–Trinajstić information content (AvgIpc) is 3.23. The number of methoxy groups -OCH3 is 1. The van der Waals surface area contributed by atoms with Gasteiger partial charge in [0.1, 0.15) is 5.69 Å². The van der Waals surface area contributed by atoms with Crippen LogP contribution in [0.5, 0.6) is 0 Å². The molecule has 1 atom stereocenters. The molecular weight excluding hydrogens is 500 g/mol. The molecule has 0 spiro atoms. The van der Waals surface area contributed by atoms with Crippen molar-refractivity contribution < 1.29 is 22.7 Å². The van der Waals surface area contributed by atoms with Crippen LogP contribution in [0.3, 0.4) is 0 Å². The van der Waals surface area contributed by atoms with Crippen molar-refractivity contribution in [2.75, 3.05) is 12.4 Å². The fourth-order valence-corrected chi connectivity index (χ4v) is 6.70. The third kappa shape index (κ3) is 4.16. The molecule has 1 heterocycles. The zero-order valence-electron chi connectivity index (χ0n) is 19.4. The molecule has 4 aromatic rings. The Labute approximate surface area is 213 Å². The zero-order chi connectivity index (χ0) is 25.4. The Bertz CT molecular complexity index is 1580. The summed E-state index contributed by atoms with van der Waals surface area (Å²) in [6.45, 7) is 0. The van der Waals surface area contributed by atoms with Gasteiger partial charge in [-0.05, 0) is 66.3 Å². The Morgan fingerprint density at radius 1 is 1.06 bits per heavy atom. The van der Waals surface area contributed by atoms with Gasteiger partial charge in [0, 0.05) is 22.5 Å². The summed E-state index contributed by atoms with van der Waals surface area (Å²) in [5, 5.41) is 3.87. The second-order valence-electron chi connectivity index (χ2n) is 8.65. The number of halogens is 1. The lowest BCUT2D eigenvalue weighted by Gasteiger charge is -2.23. The number of carbonyl (C=O) groups excluding carboxylic acids is 2. The highest BCUT2D eigenvalue weighted by molar-refractivity contribution is 7.90. The number of anilines is 1. The summed E-state index contributed by atoms with van der Waals surface area (Å²) in [5.41, 5.74) is 2.19. The molecule has 184 valence electrons. The molecule has 5 rings (SSSR count). The van der Waals surface area contributed by atoms with Crippen LogP contribution in [0, 0.1) is 0 Å². The number of amides is 1. The van der Waals surface area contributed by atoms with Gasteiger partial charge in [-0.2, -0.15) is 0 Å². The number of ether oxygens (including phenoxy) is 1. The highest BCUT2D eigenvalue weighted by atomic mass is 35.5. The highest BCUT2D eigenvalue weighted by Gasteiger charge is 2.38. The molecule has 1 N–H and O–H groups in total. The Morgan fingerprint density at radius 3 is 2.39 bits per heavy atom. The van der Waals surface area contributed by atoms with Gasteiger partial charge in [-0.15, -0.1) is 0 Å². The molecular formula is C27H23ClN2O5S. The summed E-state index contributed by atoms with van der Waals surface area (Å²) >= 11 is 6.39.